The van der Waals surface area contributed by atoms with E-state index in [2.05, 4.69) is 27.7 Å². The highest BCUT2D eigenvalue weighted by Crippen LogP contribution is 2.44. The van der Waals surface area contributed by atoms with Crippen molar-refractivity contribution in [3.05, 3.63) is 64.5 Å². The molecule has 0 amide bonds. The van der Waals surface area contributed by atoms with E-state index in [9.17, 15) is 26.3 Å². The third-order valence-corrected chi connectivity index (χ3v) is 5.68. The van der Waals surface area contributed by atoms with Gasteiger partial charge in [0.1, 0.15) is 38.7 Å². The molecule has 1 N–H and O–H groups in total. The lowest BCUT2D eigenvalue weighted by atomic mass is 9.64. The number of phenols is 1. The van der Waals surface area contributed by atoms with Gasteiger partial charge >= 0.3 is 6.18 Å². The van der Waals surface area contributed by atoms with Crippen LogP contribution in [0.2, 0.25) is 0 Å². The fourth-order valence-corrected chi connectivity index (χ4v) is 3.38. The van der Waals surface area contributed by atoms with E-state index in [0.29, 0.717) is 16.5 Å². The molecule has 0 heterocycles. The number of phenolic OH excluding ortho intramolecular Hbond substituents is 1. The second-order valence-electron chi connectivity index (χ2n) is 10.0. The van der Waals surface area contributed by atoms with E-state index in [1.54, 1.807) is 6.92 Å². The molecule has 0 aliphatic heterocycles. The molecule has 0 radical (unpaired) electrons. The lowest BCUT2D eigenvalue weighted by molar-refractivity contribution is -0.137. The molecule has 0 unspecified atom stereocenters. The molecule has 43 heavy (non-hydrogen) atoms. The number of hydrogen-bond donors (Lipinski definition) is 1. The molecular weight excluding hydrogens is 578 g/mol. The Kier molecular flexibility index (Phi) is 28.6. The predicted molar refractivity (Wildman–Crippen MR) is 160 cm³/mol. The highest BCUT2D eigenvalue weighted by atomic mass is 19.4. The largest absolute Gasteiger partial charge is 0.508 e. The van der Waals surface area contributed by atoms with E-state index in [1.807, 2.05) is 41.0 Å². The van der Waals surface area contributed by atoms with Crippen LogP contribution in [-0.2, 0) is 31.3 Å². The molecule has 0 atom stereocenters. The summed E-state index contributed by atoms with van der Waals surface area (Å²) in [6.45, 7) is 25.3. The Labute approximate surface area is 252 Å². The van der Waals surface area contributed by atoms with E-state index in [4.69, 9.17) is 24.3 Å². The Morgan fingerprint density at radius 1 is 0.721 bits per heavy atom. The SMILES string of the molecule is C=O.C=O.C=O.C=O.CC.CC1CC(C(C)(C)C)C1.Cc1cc(F)cc(C(C)(F)F)c1.Cc1ccc(C(F)(F)F)cc1O. The quantitative estimate of drug-likeness (QED) is 0.319. The van der Waals surface area contributed by atoms with Crippen LogP contribution in [-0.4, -0.2) is 32.3 Å². The summed E-state index contributed by atoms with van der Waals surface area (Å²) in [4.78, 5) is 32.0. The highest BCUT2D eigenvalue weighted by Gasteiger charge is 2.34. The van der Waals surface area contributed by atoms with E-state index >= 15 is 0 Å². The first-order valence-corrected chi connectivity index (χ1v) is 13.0. The fraction of sp³-hybridized carbons (Fsp3) is 0.500. The van der Waals surface area contributed by atoms with Crippen LogP contribution in [0.5, 0.6) is 5.75 Å². The maximum atomic E-state index is 12.6. The number of carbonyl (C=O) groups is 4. The molecular formula is C32H48F6O5. The van der Waals surface area contributed by atoms with E-state index in [-0.39, 0.29) is 11.3 Å². The summed E-state index contributed by atoms with van der Waals surface area (Å²) < 4.78 is 73.9. The molecule has 2 aromatic carbocycles. The van der Waals surface area contributed by atoms with Crippen LogP contribution in [0.25, 0.3) is 0 Å². The van der Waals surface area contributed by atoms with Crippen molar-refractivity contribution in [3.63, 3.8) is 0 Å². The van der Waals surface area contributed by atoms with Crippen molar-refractivity contribution in [3.8, 4) is 5.75 Å². The van der Waals surface area contributed by atoms with Gasteiger partial charge in [0.15, 0.2) is 0 Å². The molecule has 1 saturated carbocycles. The first-order valence-electron chi connectivity index (χ1n) is 13.0. The molecule has 0 spiro atoms. The first kappa shape index (κ1) is 49.2. The average molecular weight is 627 g/mol. The minimum absolute atomic E-state index is 0.278. The van der Waals surface area contributed by atoms with Crippen molar-refractivity contribution >= 4 is 27.2 Å². The third-order valence-electron chi connectivity index (χ3n) is 5.68. The van der Waals surface area contributed by atoms with Gasteiger partial charge in [-0.1, -0.05) is 47.6 Å². The Morgan fingerprint density at radius 2 is 1.14 bits per heavy atom. The maximum absolute atomic E-state index is 12.6. The number of hydrogen-bond acceptors (Lipinski definition) is 5. The third kappa shape index (κ3) is 22.7. The molecule has 1 fully saturated rings. The van der Waals surface area contributed by atoms with Gasteiger partial charge in [-0.15, -0.1) is 0 Å². The molecule has 248 valence electrons. The van der Waals surface area contributed by atoms with Crippen molar-refractivity contribution in [2.45, 2.75) is 87.3 Å². The van der Waals surface area contributed by atoms with Gasteiger partial charge in [0.25, 0.3) is 5.92 Å². The van der Waals surface area contributed by atoms with Crippen LogP contribution in [0, 0.1) is 36.9 Å². The van der Waals surface area contributed by atoms with Crippen LogP contribution in [0.1, 0.15) is 83.6 Å². The lowest BCUT2D eigenvalue weighted by Gasteiger charge is -2.42. The number of benzene rings is 2. The van der Waals surface area contributed by atoms with Crippen molar-refractivity contribution < 1.29 is 50.6 Å². The fourth-order valence-electron chi connectivity index (χ4n) is 3.38. The van der Waals surface area contributed by atoms with Crippen molar-refractivity contribution in [2.75, 3.05) is 0 Å². The van der Waals surface area contributed by atoms with Crippen LogP contribution < -0.4 is 0 Å². The zero-order valence-electron chi connectivity index (χ0n) is 26.7. The molecule has 0 saturated heterocycles. The topological polar surface area (TPSA) is 88.5 Å². The summed E-state index contributed by atoms with van der Waals surface area (Å²) >= 11 is 0. The van der Waals surface area contributed by atoms with Gasteiger partial charge in [0.05, 0.1) is 5.56 Å². The smallest absolute Gasteiger partial charge is 0.416 e. The minimum Gasteiger partial charge on any atom is -0.508 e. The molecule has 2 aromatic rings. The second-order valence-corrected chi connectivity index (χ2v) is 10.0. The average Bonchev–Trinajstić information content (AvgIpc) is 2.93. The molecule has 3 rings (SSSR count). The van der Waals surface area contributed by atoms with Gasteiger partial charge in [-0.05, 0) is 85.4 Å². The van der Waals surface area contributed by atoms with E-state index in [1.165, 1.54) is 38.0 Å². The number of alkyl halides is 5. The number of rotatable bonds is 1. The van der Waals surface area contributed by atoms with Crippen LogP contribution in [0.3, 0.4) is 0 Å². The summed E-state index contributed by atoms with van der Waals surface area (Å²) in [5.74, 6) is -1.90. The Bertz CT molecular complexity index is 951. The molecule has 11 heteroatoms. The highest BCUT2D eigenvalue weighted by molar-refractivity contribution is 5.36. The van der Waals surface area contributed by atoms with Gasteiger partial charge in [0, 0.05) is 12.5 Å². The number of carbonyl (C=O) groups excluding carboxylic acids is 4. The normalized spacial score (nSPS) is 14.6. The Hall–Kier alpha value is -3.50. The summed E-state index contributed by atoms with van der Waals surface area (Å²) in [6, 6.07) is 6.24. The summed E-state index contributed by atoms with van der Waals surface area (Å²) in [5.41, 5.74) is 0.409. The minimum atomic E-state index is -4.38. The van der Waals surface area contributed by atoms with E-state index in [0.717, 1.165) is 37.0 Å². The standard InChI is InChI=1S/C9H9F3.C9H18.C8H7F3O.C2H6.4CH2O/c1-6-3-7(9(2,11)12)5-8(10)4-6;1-7-5-8(6-7)9(2,3)4;1-5-2-3-6(4-7(5)12)8(9,10)11;5*1-2/h3-5H,1-2H3;7-8H,5-6H2,1-4H3;2-4,12H,1H3;1-2H3;4*1H2. The number of aromatic hydroxyl groups is 1. The Balaban J connectivity index is -0.000000147. The van der Waals surface area contributed by atoms with Gasteiger partial charge < -0.3 is 24.3 Å². The van der Waals surface area contributed by atoms with Crippen LogP contribution >= 0.6 is 0 Å². The monoisotopic (exact) mass is 626 g/mol. The summed E-state index contributed by atoms with van der Waals surface area (Å²) in [5, 5.41) is 8.96. The summed E-state index contributed by atoms with van der Waals surface area (Å²) in [6.07, 6.45) is -1.46. The predicted octanol–water partition coefficient (Wildman–Crippen LogP) is 9.33. The Morgan fingerprint density at radius 3 is 1.40 bits per heavy atom. The zero-order chi connectivity index (χ0) is 35.8. The second kappa shape index (κ2) is 25.0. The molecule has 1 aliphatic carbocycles. The zero-order valence-corrected chi connectivity index (χ0v) is 26.7. The molecule has 1 aliphatic rings. The van der Waals surface area contributed by atoms with Crippen LogP contribution in [0.4, 0.5) is 26.3 Å². The molecule has 5 nitrogen and oxygen atoms in total. The van der Waals surface area contributed by atoms with Gasteiger partial charge in [-0.2, -0.15) is 13.2 Å². The first-order chi connectivity index (χ1) is 19.8. The van der Waals surface area contributed by atoms with Crippen molar-refractivity contribution in [1.29, 1.82) is 0 Å². The van der Waals surface area contributed by atoms with Gasteiger partial charge in [-0.3, -0.25) is 0 Å². The number of aryl methyl sites for hydroxylation is 2. The van der Waals surface area contributed by atoms with Crippen molar-refractivity contribution in [1.82, 2.24) is 0 Å². The number of halogens is 6. The van der Waals surface area contributed by atoms with Crippen molar-refractivity contribution in [2.24, 2.45) is 17.3 Å². The lowest BCUT2D eigenvalue weighted by Crippen LogP contribution is -2.32. The van der Waals surface area contributed by atoms with Gasteiger partial charge in [0.2, 0.25) is 0 Å². The van der Waals surface area contributed by atoms with E-state index < -0.39 is 23.5 Å². The van der Waals surface area contributed by atoms with Crippen LogP contribution in [0.15, 0.2) is 36.4 Å². The summed E-state index contributed by atoms with van der Waals surface area (Å²) in [7, 11) is 0. The molecule has 0 aromatic heterocycles. The maximum Gasteiger partial charge on any atom is 0.416 e. The molecule has 0 bridgehead atoms. The van der Waals surface area contributed by atoms with Gasteiger partial charge in [-0.25, -0.2) is 13.2 Å².